The molecular formula is C16H20F3N3O3. The molecule has 1 fully saturated rings. The molecule has 1 atom stereocenters. The molecule has 0 radical (unpaired) electrons. The first-order chi connectivity index (χ1) is 11.5. The van der Waals surface area contributed by atoms with E-state index in [2.05, 4.69) is 5.43 Å². The van der Waals surface area contributed by atoms with E-state index in [0.29, 0.717) is 0 Å². The fraction of sp³-hybridized carbons (Fsp3) is 0.562. The quantitative estimate of drug-likeness (QED) is 0.643. The molecular weight excluding hydrogens is 339 g/mol. The summed E-state index contributed by atoms with van der Waals surface area (Å²) < 4.78 is 43.0. The van der Waals surface area contributed by atoms with E-state index in [-0.39, 0.29) is 24.8 Å². The number of carbonyl (C=O) groups excluding carboxylic acids is 1. The van der Waals surface area contributed by atoms with Crippen molar-refractivity contribution in [3.05, 3.63) is 39.9 Å². The van der Waals surface area contributed by atoms with E-state index in [1.807, 2.05) is 0 Å². The second-order valence-corrected chi connectivity index (χ2v) is 6.78. The van der Waals surface area contributed by atoms with Crippen LogP contribution in [0.1, 0.15) is 45.6 Å². The number of hydrogen-bond donors (Lipinski definition) is 1. The number of hydrogen-bond acceptors (Lipinski definition) is 4. The first-order valence-corrected chi connectivity index (χ1v) is 7.87. The van der Waals surface area contributed by atoms with Gasteiger partial charge in [-0.3, -0.25) is 20.3 Å². The molecule has 25 heavy (non-hydrogen) atoms. The molecule has 1 amide bonds. The van der Waals surface area contributed by atoms with Gasteiger partial charge in [-0.25, -0.2) is 0 Å². The van der Waals surface area contributed by atoms with Crippen molar-refractivity contribution in [1.29, 1.82) is 0 Å². The zero-order valence-electron chi connectivity index (χ0n) is 14.2. The van der Waals surface area contributed by atoms with Crippen LogP contribution in [0.5, 0.6) is 0 Å². The number of hydrazine groups is 1. The molecule has 0 unspecified atom stereocenters. The summed E-state index contributed by atoms with van der Waals surface area (Å²) in [7, 11) is 0. The number of nitrogens with one attached hydrogen (secondary N) is 1. The molecule has 0 spiro atoms. The summed E-state index contributed by atoms with van der Waals surface area (Å²) in [4.78, 5) is 22.1. The lowest BCUT2D eigenvalue weighted by Crippen LogP contribution is -2.64. The van der Waals surface area contributed by atoms with Crippen LogP contribution in [0.3, 0.4) is 0 Å². The SMILES string of the molecule is CCC[C@@](c1cccc([N+](=O)[O-])c1)(N1NC(=O)CC1(C)C)C(F)(F)F. The Morgan fingerprint density at radius 3 is 2.44 bits per heavy atom. The molecule has 6 nitrogen and oxygen atoms in total. The molecule has 138 valence electrons. The van der Waals surface area contributed by atoms with Gasteiger partial charge in [0.1, 0.15) is 0 Å². The number of nitro benzene ring substituents is 1. The van der Waals surface area contributed by atoms with E-state index < -0.39 is 33.8 Å². The number of non-ortho nitro benzene ring substituents is 1. The summed E-state index contributed by atoms with van der Waals surface area (Å²) in [6.45, 7) is 4.68. The molecule has 1 N–H and O–H groups in total. The molecule has 1 aliphatic rings. The summed E-state index contributed by atoms with van der Waals surface area (Å²) in [6, 6.07) is 4.53. The lowest BCUT2D eigenvalue weighted by molar-refractivity contribution is -0.385. The fourth-order valence-electron chi connectivity index (χ4n) is 3.46. The van der Waals surface area contributed by atoms with Crippen molar-refractivity contribution in [3.8, 4) is 0 Å². The lowest BCUT2D eigenvalue weighted by atomic mass is 9.81. The van der Waals surface area contributed by atoms with Crippen LogP contribution in [-0.4, -0.2) is 27.6 Å². The third-order valence-electron chi connectivity index (χ3n) is 4.43. The Morgan fingerprint density at radius 1 is 1.36 bits per heavy atom. The van der Waals surface area contributed by atoms with Crippen LogP contribution in [-0.2, 0) is 10.3 Å². The summed E-state index contributed by atoms with van der Waals surface area (Å²) in [5.74, 6) is -0.514. The first-order valence-electron chi connectivity index (χ1n) is 7.87. The summed E-state index contributed by atoms with van der Waals surface area (Å²) in [5.41, 5.74) is -2.01. The molecule has 1 aliphatic heterocycles. The summed E-state index contributed by atoms with van der Waals surface area (Å²) in [6.07, 6.45) is -5.03. The average molecular weight is 359 g/mol. The van der Waals surface area contributed by atoms with Crippen molar-refractivity contribution in [2.45, 2.75) is 57.3 Å². The Morgan fingerprint density at radius 2 is 2.00 bits per heavy atom. The molecule has 9 heteroatoms. The van der Waals surface area contributed by atoms with Gasteiger partial charge in [0, 0.05) is 24.1 Å². The first kappa shape index (κ1) is 19.2. The average Bonchev–Trinajstić information content (AvgIpc) is 2.76. The highest BCUT2D eigenvalue weighted by Crippen LogP contribution is 2.51. The molecule has 1 aromatic rings. The molecule has 1 aromatic carbocycles. The highest BCUT2D eigenvalue weighted by Gasteiger charge is 2.64. The van der Waals surface area contributed by atoms with Crippen LogP contribution >= 0.6 is 0 Å². The Labute approximate surface area is 143 Å². The highest BCUT2D eigenvalue weighted by atomic mass is 19.4. The second kappa shape index (κ2) is 6.29. The van der Waals surface area contributed by atoms with Crippen molar-refractivity contribution in [3.63, 3.8) is 0 Å². The zero-order chi connectivity index (χ0) is 19.0. The van der Waals surface area contributed by atoms with Gasteiger partial charge in [-0.1, -0.05) is 25.5 Å². The Bertz CT molecular complexity index is 691. The number of alkyl halides is 3. The lowest BCUT2D eigenvalue weighted by Gasteiger charge is -2.48. The van der Waals surface area contributed by atoms with Crippen LogP contribution in [0, 0.1) is 10.1 Å². The highest BCUT2D eigenvalue weighted by molar-refractivity contribution is 5.79. The van der Waals surface area contributed by atoms with Crippen molar-refractivity contribution < 1.29 is 22.9 Å². The molecule has 1 saturated heterocycles. The molecule has 2 rings (SSSR count). The van der Waals surface area contributed by atoms with E-state index >= 15 is 0 Å². The minimum Gasteiger partial charge on any atom is -0.287 e. The van der Waals surface area contributed by atoms with Crippen molar-refractivity contribution in [2.75, 3.05) is 0 Å². The minimum absolute atomic E-state index is 0.0938. The molecule has 0 aromatic heterocycles. The van der Waals surface area contributed by atoms with Crippen LogP contribution in [0.2, 0.25) is 0 Å². The van der Waals surface area contributed by atoms with Gasteiger partial charge in [-0.15, -0.1) is 0 Å². The largest absolute Gasteiger partial charge is 0.412 e. The van der Waals surface area contributed by atoms with Crippen LogP contribution < -0.4 is 5.43 Å². The van der Waals surface area contributed by atoms with Gasteiger partial charge < -0.3 is 0 Å². The van der Waals surface area contributed by atoms with Gasteiger partial charge >= 0.3 is 6.18 Å². The molecule has 0 saturated carbocycles. The van der Waals surface area contributed by atoms with Crippen LogP contribution in [0.4, 0.5) is 18.9 Å². The zero-order valence-corrected chi connectivity index (χ0v) is 14.2. The summed E-state index contributed by atoms with van der Waals surface area (Å²) in [5, 5.41) is 12.0. The Hall–Kier alpha value is -2.16. The van der Waals surface area contributed by atoms with E-state index in [0.717, 1.165) is 17.1 Å². The molecule has 1 heterocycles. The van der Waals surface area contributed by atoms with Gasteiger partial charge in [0.25, 0.3) is 5.69 Å². The summed E-state index contributed by atoms with van der Waals surface area (Å²) >= 11 is 0. The topological polar surface area (TPSA) is 75.5 Å². The smallest absolute Gasteiger partial charge is 0.287 e. The molecule has 0 aliphatic carbocycles. The minimum atomic E-state index is -4.76. The maximum Gasteiger partial charge on any atom is 0.412 e. The third-order valence-corrected chi connectivity index (χ3v) is 4.43. The standard InChI is InChI=1S/C16H20F3N3O3/c1-4-8-15(16(17,18)19,22-14(2,3)10-13(23)20-22)11-6-5-7-12(9-11)21(24)25/h5-7,9H,4,8,10H2,1-3H3,(H,20,23)/t15-/m0/s1. The normalized spacial score (nSPS) is 20.2. The fourth-order valence-corrected chi connectivity index (χ4v) is 3.46. The van der Waals surface area contributed by atoms with E-state index in [1.165, 1.54) is 12.1 Å². The van der Waals surface area contributed by atoms with Crippen molar-refractivity contribution in [2.24, 2.45) is 0 Å². The maximum atomic E-state index is 14.3. The second-order valence-electron chi connectivity index (χ2n) is 6.78. The number of nitro groups is 1. The van der Waals surface area contributed by atoms with Crippen molar-refractivity contribution in [1.82, 2.24) is 10.4 Å². The number of halogens is 3. The number of amides is 1. The van der Waals surface area contributed by atoms with Crippen LogP contribution in [0.25, 0.3) is 0 Å². The van der Waals surface area contributed by atoms with E-state index in [1.54, 1.807) is 20.8 Å². The monoisotopic (exact) mass is 359 g/mol. The number of nitrogens with zero attached hydrogens (tertiary/aromatic N) is 2. The van der Waals surface area contributed by atoms with Gasteiger partial charge in [0.2, 0.25) is 5.91 Å². The van der Waals surface area contributed by atoms with E-state index in [9.17, 15) is 28.1 Å². The van der Waals surface area contributed by atoms with Gasteiger partial charge in [0.15, 0.2) is 5.54 Å². The number of rotatable bonds is 5. The Kier molecular flexibility index (Phi) is 4.82. The van der Waals surface area contributed by atoms with Gasteiger partial charge in [-0.2, -0.15) is 18.2 Å². The molecule has 0 bridgehead atoms. The number of carbonyl (C=O) groups is 1. The third kappa shape index (κ3) is 3.20. The predicted octanol–water partition coefficient (Wildman–Crippen LogP) is 3.67. The maximum absolute atomic E-state index is 14.3. The van der Waals surface area contributed by atoms with Gasteiger partial charge in [-0.05, 0) is 25.8 Å². The van der Waals surface area contributed by atoms with E-state index in [4.69, 9.17) is 0 Å². The van der Waals surface area contributed by atoms with Crippen molar-refractivity contribution >= 4 is 11.6 Å². The van der Waals surface area contributed by atoms with Crippen LogP contribution in [0.15, 0.2) is 24.3 Å². The predicted molar refractivity (Wildman–Crippen MR) is 84.4 cm³/mol. The number of benzene rings is 1. The Balaban J connectivity index is 2.74. The van der Waals surface area contributed by atoms with Gasteiger partial charge in [0.05, 0.1) is 4.92 Å².